The maximum Gasteiger partial charge on any atom is 0.416 e. The van der Waals surface area contributed by atoms with Crippen LogP contribution in [-0.2, 0) is 12.7 Å². The second-order valence-corrected chi connectivity index (χ2v) is 5.85. The van der Waals surface area contributed by atoms with Gasteiger partial charge in [0.25, 0.3) is 0 Å². The van der Waals surface area contributed by atoms with Gasteiger partial charge in [-0.15, -0.1) is 0 Å². The van der Waals surface area contributed by atoms with Crippen molar-refractivity contribution in [2.45, 2.75) is 12.7 Å². The molecule has 0 atom stereocenters. The van der Waals surface area contributed by atoms with Crippen LogP contribution in [0.5, 0.6) is 0 Å². The van der Waals surface area contributed by atoms with Crippen LogP contribution in [0.15, 0.2) is 48.5 Å². The highest BCUT2D eigenvalue weighted by Crippen LogP contribution is 2.29. The molecule has 0 bridgehead atoms. The maximum atomic E-state index is 12.5. The molecule has 0 radical (unpaired) electrons. The lowest BCUT2D eigenvalue weighted by molar-refractivity contribution is -0.137. The molecule has 2 N–H and O–H groups in total. The molecular formula is C17H18F3N3S. The number of anilines is 2. The predicted molar refractivity (Wildman–Crippen MR) is 95.3 cm³/mol. The van der Waals surface area contributed by atoms with Gasteiger partial charge in [-0.2, -0.15) is 13.2 Å². The molecule has 2 aromatic rings. The third-order valence-electron chi connectivity index (χ3n) is 3.38. The van der Waals surface area contributed by atoms with Crippen LogP contribution in [0.2, 0.25) is 0 Å². The van der Waals surface area contributed by atoms with Crippen LogP contribution in [0.25, 0.3) is 0 Å². The SMILES string of the molecule is CN(C)c1ccc(NC(=S)NCc2ccc(C(F)(F)F)cc2)cc1. The third kappa shape index (κ3) is 5.13. The van der Waals surface area contributed by atoms with E-state index in [4.69, 9.17) is 12.2 Å². The summed E-state index contributed by atoms with van der Waals surface area (Å²) < 4.78 is 37.5. The van der Waals surface area contributed by atoms with Crippen molar-refractivity contribution in [3.05, 3.63) is 59.7 Å². The smallest absolute Gasteiger partial charge is 0.378 e. The minimum absolute atomic E-state index is 0.347. The zero-order valence-corrected chi connectivity index (χ0v) is 14.1. The van der Waals surface area contributed by atoms with Gasteiger partial charge in [-0.3, -0.25) is 0 Å². The summed E-state index contributed by atoms with van der Waals surface area (Å²) in [7, 11) is 3.91. The highest BCUT2D eigenvalue weighted by molar-refractivity contribution is 7.80. The summed E-state index contributed by atoms with van der Waals surface area (Å²) >= 11 is 5.19. The Kier molecular flexibility index (Phi) is 5.66. The normalized spacial score (nSPS) is 11.0. The molecule has 3 nitrogen and oxygen atoms in total. The number of hydrogen-bond donors (Lipinski definition) is 2. The van der Waals surface area contributed by atoms with Gasteiger partial charge in [0.15, 0.2) is 5.11 Å². The first-order valence-electron chi connectivity index (χ1n) is 7.24. The second-order valence-electron chi connectivity index (χ2n) is 5.44. The van der Waals surface area contributed by atoms with Crippen molar-refractivity contribution in [1.82, 2.24) is 5.32 Å². The minimum Gasteiger partial charge on any atom is -0.378 e. The van der Waals surface area contributed by atoms with Crippen molar-refractivity contribution < 1.29 is 13.2 Å². The zero-order valence-electron chi connectivity index (χ0n) is 13.3. The Labute approximate surface area is 144 Å². The number of thiocarbonyl (C=S) groups is 1. The van der Waals surface area contributed by atoms with Gasteiger partial charge in [-0.25, -0.2) is 0 Å². The molecule has 0 aliphatic carbocycles. The Morgan fingerprint density at radius 1 is 1.00 bits per heavy atom. The first-order chi connectivity index (χ1) is 11.3. The van der Waals surface area contributed by atoms with Crippen molar-refractivity contribution in [3.8, 4) is 0 Å². The fraction of sp³-hybridized carbons (Fsp3) is 0.235. The van der Waals surface area contributed by atoms with E-state index in [1.54, 1.807) is 0 Å². The standard InChI is InChI=1S/C17H18F3N3S/c1-23(2)15-9-7-14(8-10-15)22-16(24)21-11-12-3-5-13(6-4-12)17(18,19)20/h3-10H,11H2,1-2H3,(H2,21,22,24). The number of nitrogens with zero attached hydrogens (tertiary/aromatic N) is 1. The summed E-state index contributed by atoms with van der Waals surface area (Å²) in [5.41, 5.74) is 1.97. The van der Waals surface area contributed by atoms with Gasteiger partial charge in [-0.05, 0) is 54.2 Å². The van der Waals surface area contributed by atoms with E-state index >= 15 is 0 Å². The summed E-state index contributed by atoms with van der Waals surface area (Å²) in [5, 5.41) is 6.42. The van der Waals surface area contributed by atoms with E-state index in [1.165, 1.54) is 12.1 Å². The quantitative estimate of drug-likeness (QED) is 0.804. The summed E-state index contributed by atoms with van der Waals surface area (Å²) in [4.78, 5) is 1.99. The molecule has 0 saturated heterocycles. The Morgan fingerprint density at radius 2 is 1.58 bits per heavy atom. The van der Waals surface area contributed by atoms with Crippen LogP contribution in [0.3, 0.4) is 0 Å². The van der Waals surface area contributed by atoms with E-state index in [1.807, 2.05) is 43.3 Å². The van der Waals surface area contributed by atoms with E-state index in [0.717, 1.165) is 29.1 Å². The first kappa shape index (κ1) is 18.1. The van der Waals surface area contributed by atoms with E-state index in [9.17, 15) is 13.2 Å². The molecule has 128 valence electrons. The highest BCUT2D eigenvalue weighted by Gasteiger charge is 2.29. The Bertz CT molecular complexity index is 680. The largest absolute Gasteiger partial charge is 0.416 e. The molecule has 0 aliphatic heterocycles. The number of nitrogens with one attached hydrogen (secondary N) is 2. The average Bonchev–Trinajstić information content (AvgIpc) is 2.53. The monoisotopic (exact) mass is 353 g/mol. The molecule has 2 aromatic carbocycles. The van der Waals surface area contributed by atoms with Gasteiger partial charge in [0.1, 0.15) is 0 Å². The number of rotatable bonds is 4. The summed E-state index contributed by atoms with van der Waals surface area (Å²) in [6.07, 6.45) is -4.32. The van der Waals surface area contributed by atoms with Crippen molar-refractivity contribution >= 4 is 28.7 Å². The highest BCUT2D eigenvalue weighted by atomic mass is 32.1. The molecule has 0 unspecified atom stereocenters. The number of hydrogen-bond acceptors (Lipinski definition) is 2. The molecule has 7 heteroatoms. The Morgan fingerprint density at radius 3 is 2.08 bits per heavy atom. The van der Waals surface area contributed by atoms with Gasteiger partial charge in [0.05, 0.1) is 5.56 Å². The number of benzene rings is 2. The fourth-order valence-corrected chi connectivity index (χ4v) is 2.20. The molecule has 0 fully saturated rings. The topological polar surface area (TPSA) is 27.3 Å². The maximum absolute atomic E-state index is 12.5. The molecule has 24 heavy (non-hydrogen) atoms. The molecule has 0 aromatic heterocycles. The molecule has 0 heterocycles. The zero-order chi connectivity index (χ0) is 17.7. The van der Waals surface area contributed by atoms with Crippen LogP contribution in [-0.4, -0.2) is 19.2 Å². The third-order valence-corrected chi connectivity index (χ3v) is 3.62. The molecule has 0 amide bonds. The summed E-state index contributed by atoms with van der Waals surface area (Å²) in [5.74, 6) is 0. The van der Waals surface area contributed by atoms with Crippen molar-refractivity contribution in [1.29, 1.82) is 0 Å². The fourth-order valence-electron chi connectivity index (χ4n) is 2.01. The van der Waals surface area contributed by atoms with Gasteiger partial charge in [0, 0.05) is 32.0 Å². The predicted octanol–water partition coefficient (Wildman–Crippen LogP) is 4.26. The lowest BCUT2D eigenvalue weighted by Gasteiger charge is -2.14. The van der Waals surface area contributed by atoms with Gasteiger partial charge in [0.2, 0.25) is 0 Å². The molecule has 0 spiro atoms. The Hall–Kier alpha value is -2.28. The molecule has 0 aliphatic rings. The van der Waals surface area contributed by atoms with E-state index in [2.05, 4.69) is 10.6 Å². The van der Waals surface area contributed by atoms with Gasteiger partial charge in [-0.1, -0.05) is 12.1 Å². The summed E-state index contributed by atoms with van der Waals surface area (Å²) in [6.45, 7) is 0.347. The van der Waals surface area contributed by atoms with Crippen LogP contribution >= 0.6 is 12.2 Å². The lowest BCUT2D eigenvalue weighted by Crippen LogP contribution is -2.27. The number of halogens is 3. The molecule has 0 saturated carbocycles. The average molecular weight is 353 g/mol. The molecule has 2 rings (SSSR count). The molecular weight excluding hydrogens is 335 g/mol. The van der Waals surface area contributed by atoms with Crippen LogP contribution in [0.4, 0.5) is 24.5 Å². The second kappa shape index (κ2) is 7.53. The van der Waals surface area contributed by atoms with Crippen molar-refractivity contribution in [3.63, 3.8) is 0 Å². The van der Waals surface area contributed by atoms with Crippen LogP contribution in [0, 0.1) is 0 Å². The Balaban J connectivity index is 1.86. The summed E-state index contributed by atoms with van der Waals surface area (Å²) in [6, 6.07) is 12.7. The number of alkyl halides is 3. The minimum atomic E-state index is -4.32. The van der Waals surface area contributed by atoms with Crippen LogP contribution < -0.4 is 15.5 Å². The van der Waals surface area contributed by atoms with E-state index in [-0.39, 0.29) is 0 Å². The van der Waals surface area contributed by atoms with E-state index in [0.29, 0.717) is 11.7 Å². The van der Waals surface area contributed by atoms with Crippen molar-refractivity contribution in [2.75, 3.05) is 24.3 Å². The van der Waals surface area contributed by atoms with Gasteiger partial charge >= 0.3 is 6.18 Å². The van der Waals surface area contributed by atoms with Gasteiger partial charge < -0.3 is 15.5 Å². The van der Waals surface area contributed by atoms with Crippen molar-refractivity contribution in [2.24, 2.45) is 0 Å². The van der Waals surface area contributed by atoms with E-state index < -0.39 is 11.7 Å². The first-order valence-corrected chi connectivity index (χ1v) is 7.65. The van der Waals surface area contributed by atoms with Crippen LogP contribution in [0.1, 0.15) is 11.1 Å². The lowest BCUT2D eigenvalue weighted by atomic mass is 10.1.